The minimum Gasteiger partial charge on any atom is -0.456 e. The number of para-hydroxylation sites is 1. The maximum Gasteiger partial charge on any atom is 0.338 e. The van der Waals surface area contributed by atoms with Crippen molar-refractivity contribution < 1.29 is 14.3 Å². The second-order valence-electron chi connectivity index (χ2n) is 11.2. The zero-order chi connectivity index (χ0) is 29.9. The summed E-state index contributed by atoms with van der Waals surface area (Å²) < 4.78 is 7.39. The van der Waals surface area contributed by atoms with E-state index in [-0.39, 0.29) is 11.9 Å². The Balaban J connectivity index is 1.58. The standard InChI is InChI=1S/C33H39N5O3/c1-9-22-12-11-13-23(10-2)29(22)36-30(39)25-17-27(38(8)19-25)28-21(4)18-34-32(37-28)35-26-15-14-24(16-20(26)3)31(40)41-33(5,6)7/h11-19H,9-10H2,1-8H3,(H,36,39)(H,34,35,37). The fourth-order valence-electron chi connectivity index (χ4n) is 4.66. The van der Waals surface area contributed by atoms with Crippen LogP contribution in [0, 0.1) is 13.8 Å². The van der Waals surface area contributed by atoms with Gasteiger partial charge in [-0.05, 0) is 94.0 Å². The van der Waals surface area contributed by atoms with Gasteiger partial charge in [-0.25, -0.2) is 14.8 Å². The number of carbonyl (C=O) groups excluding carboxylic acids is 2. The van der Waals surface area contributed by atoms with Crippen molar-refractivity contribution in [2.24, 2.45) is 7.05 Å². The second kappa shape index (κ2) is 12.0. The molecule has 4 aromatic rings. The monoisotopic (exact) mass is 553 g/mol. The molecule has 2 aromatic heterocycles. The molecule has 0 aliphatic rings. The molecule has 41 heavy (non-hydrogen) atoms. The molecule has 2 N–H and O–H groups in total. The Morgan fingerprint density at radius 1 is 0.951 bits per heavy atom. The second-order valence-corrected chi connectivity index (χ2v) is 11.2. The first-order valence-corrected chi connectivity index (χ1v) is 13.9. The van der Waals surface area contributed by atoms with E-state index >= 15 is 0 Å². The van der Waals surface area contributed by atoms with Gasteiger partial charge in [-0.1, -0.05) is 32.0 Å². The molecular weight excluding hydrogens is 514 g/mol. The Morgan fingerprint density at radius 3 is 2.24 bits per heavy atom. The third-order valence-electron chi connectivity index (χ3n) is 6.83. The van der Waals surface area contributed by atoms with Crippen molar-refractivity contribution in [3.05, 3.63) is 88.2 Å². The van der Waals surface area contributed by atoms with E-state index in [1.807, 2.05) is 70.6 Å². The molecule has 214 valence electrons. The molecule has 0 atom stereocenters. The number of rotatable bonds is 8. The van der Waals surface area contributed by atoms with Crippen LogP contribution in [0.2, 0.25) is 0 Å². The Bertz CT molecular complexity index is 1570. The van der Waals surface area contributed by atoms with E-state index in [2.05, 4.69) is 41.6 Å². The molecule has 0 aliphatic carbocycles. The van der Waals surface area contributed by atoms with Gasteiger partial charge in [-0.3, -0.25) is 4.79 Å². The number of amides is 1. The third-order valence-corrected chi connectivity index (χ3v) is 6.83. The highest BCUT2D eigenvalue weighted by Crippen LogP contribution is 2.28. The number of hydrogen-bond acceptors (Lipinski definition) is 6. The molecule has 2 heterocycles. The zero-order valence-corrected chi connectivity index (χ0v) is 25.2. The molecule has 0 spiro atoms. The van der Waals surface area contributed by atoms with E-state index in [4.69, 9.17) is 9.72 Å². The smallest absolute Gasteiger partial charge is 0.338 e. The quantitative estimate of drug-likeness (QED) is 0.224. The zero-order valence-electron chi connectivity index (χ0n) is 25.2. The molecule has 8 nitrogen and oxygen atoms in total. The average Bonchev–Trinajstić information content (AvgIpc) is 3.31. The van der Waals surface area contributed by atoms with Crippen molar-refractivity contribution in [3.8, 4) is 11.4 Å². The van der Waals surface area contributed by atoms with Gasteiger partial charge in [0.25, 0.3) is 5.91 Å². The van der Waals surface area contributed by atoms with Crippen LogP contribution in [0.3, 0.4) is 0 Å². The Hall–Kier alpha value is -4.46. The van der Waals surface area contributed by atoms with Crippen LogP contribution < -0.4 is 10.6 Å². The van der Waals surface area contributed by atoms with Gasteiger partial charge >= 0.3 is 5.97 Å². The number of carbonyl (C=O) groups is 2. The fourth-order valence-corrected chi connectivity index (χ4v) is 4.66. The lowest BCUT2D eigenvalue weighted by atomic mass is 10.0. The van der Waals surface area contributed by atoms with Crippen LogP contribution in [-0.2, 0) is 24.6 Å². The molecule has 0 aliphatic heterocycles. The van der Waals surface area contributed by atoms with Crippen molar-refractivity contribution in [2.75, 3.05) is 10.6 Å². The van der Waals surface area contributed by atoms with E-state index in [1.165, 1.54) is 0 Å². The SMILES string of the molecule is CCc1cccc(CC)c1NC(=O)c1cc(-c2nc(Nc3ccc(C(=O)OC(C)(C)C)cc3C)ncc2C)n(C)c1. The van der Waals surface area contributed by atoms with E-state index in [0.29, 0.717) is 17.1 Å². The van der Waals surface area contributed by atoms with Gasteiger partial charge in [0.15, 0.2) is 0 Å². The molecule has 0 bridgehead atoms. The molecule has 0 unspecified atom stereocenters. The molecule has 2 aromatic carbocycles. The molecule has 0 radical (unpaired) electrons. The first-order chi connectivity index (χ1) is 19.4. The molecule has 0 fully saturated rings. The summed E-state index contributed by atoms with van der Waals surface area (Å²) in [6.07, 6.45) is 5.25. The van der Waals surface area contributed by atoms with Crippen LogP contribution in [0.15, 0.2) is 54.9 Å². The summed E-state index contributed by atoms with van der Waals surface area (Å²) in [5, 5.41) is 6.42. The van der Waals surface area contributed by atoms with E-state index in [1.54, 1.807) is 18.3 Å². The fraction of sp³-hybridized carbons (Fsp3) is 0.333. The number of esters is 1. The van der Waals surface area contributed by atoms with Crippen LogP contribution in [0.4, 0.5) is 17.3 Å². The van der Waals surface area contributed by atoms with Crippen molar-refractivity contribution >= 4 is 29.2 Å². The molecule has 4 rings (SSSR count). The van der Waals surface area contributed by atoms with Crippen LogP contribution >= 0.6 is 0 Å². The van der Waals surface area contributed by atoms with Crippen molar-refractivity contribution in [2.45, 2.75) is 66.9 Å². The summed E-state index contributed by atoms with van der Waals surface area (Å²) in [6, 6.07) is 13.3. The Labute approximate surface area is 242 Å². The topological polar surface area (TPSA) is 98.1 Å². The largest absolute Gasteiger partial charge is 0.456 e. The summed E-state index contributed by atoms with van der Waals surface area (Å²) in [4.78, 5) is 35.1. The van der Waals surface area contributed by atoms with E-state index < -0.39 is 5.60 Å². The van der Waals surface area contributed by atoms with Crippen LogP contribution in [0.25, 0.3) is 11.4 Å². The molecule has 1 amide bonds. The number of hydrogen-bond donors (Lipinski definition) is 2. The Kier molecular flexibility index (Phi) is 8.61. The van der Waals surface area contributed by atoms with Crippen molar-refractivity contribution in [1.29, 1.82) is 0 Å². The number of nitrogens with one attached hydrogen (secondary N) is 2. The van der Waals surface area contributed by atoms with E-state index in [0.717, 1.165) is 57.9 Å². The summed E-state index contributed by atoms with van der Waals surface area (Å²) >= 11 is 0. The molecule has 0 saturated heterocycles. The van der Waals surface area contributed by atoms with Crippen LogP contribution in [-0.4, -0.2) is 32.0 Å². The van der Waals surface area contributed by atoms with Crippen molar-refractivity contribution in [1.82, 2.24) is 14.5 Å². The number of ether oxygens (including phenoxy) is 1. The van der Waals surface area contributed by atoms with Gasteiger partial charge in [0.2, 0.25) is 5.95 Å². The van der Waals surface area contributed by atoms with Crippen LogP contribution in [0.5, 0.6) is 0 Å². The maximum absolute atomic E-state index is 13.3. The van der Waals surface area contributed by atoms with Gasteiger partial charge in [-0.15, -0.1) is 0 Å². The third kappa shape index (κ3) is 6.82. The minimum atomic E-state index is -0.566. The van der Waals surface area contributed by atoms with Gasteiger partial charge in [0.1, 0.15) is 5.60 Å². The predicted octanol–water partition coefficient (Wildman–Crippen LogP) is 7.17. The average molecular weight is 554 g/mol. The number of nitrogens with zero attached hydrogens (tertiary/aromatic N) is 3. The lowest BCUT2D eigenvalue weighted by Crippen LogP contribution is -2.23. The van der Waals surface area contributed by atoms with Gasteiger partial charge in [-0.2, -0.15) is 0 Å². The van der Waals surface area contributed by atoms with Crippen LogP contribution in [0.1, 0.15) is 77.6 Å². The van der Waals surface area contributed by atoms with E-state index in [9.17, 15) is 9.59 Å². The lowest BCUT2D eigenvalue weighted by Gasteiger charge is -2.20. The maximum atomic E-state index is 13.3. The number of aryl methyl sites for hydroxylation is 5. The highest BCUT2D eigenvalue weighted by Gasteiger charge is 2.20. The number of aromatic nitrogens is 3. The first-order valence-electron chi connectivity index (χ1n) is 13.9. The van der Waals surface area contributed by atoms with Gasteiger partial charge in [0, 0.05) is 30.8 Å². The molecular formula is C33H39N5O3. The molecule has 8 heteroatoms. The predicted molar refractivity (Wildman–Crippen MR) is 164 cm³/mol. The summed E-state index contributed by atoms with van der Waals surface area (Å²) in [6.45, 7) is 13.6. The lowest BCUT2D eigenvalue weighted by molar-refractivity contribution is 0.00693. The Morgan fingerprint density at radius 2 is 1.63 bits per heavy atom. The molecule has 0 saturated carbocycles. The normalized spacial score (nSPS) is 11.3. The summed E-state index contributed by atoms with van der Waals surface area (Å²) in [7, 11) is 1.90. The highest BCUT2D eigenvalue weighted by molar-refractivity contribution is 6.05. The highest BCUT2D eigenvalue weighted by atomic mass is 16.6. The first kappa shape index (κ1) is 29.5. The number of anilines is 3. The summed E-state index contributed by atoms with van der Waals surface area (Å²) in [5.41, 5.74) is 7.63. The summed E-state index contributed by atoms with van der Waals surface area (Å²) in [5.74, 6) is -0.114. The van der Waals surface area contributed by atoms with Gasteiger partial charge < -0.3 is 19.9 Å². The van der Waals surface area contributed by atoms with Crippen molar-refractivity contribution in [3.63, 3.8) is 0 Å². The number of benzene rings is 2. The minimum absolute atomic E-state index is 0.159. The van der Waals surface area contributed by atoms with Gasteiger partial charge in [0.05, 0.1) is 22.5 Å².